The first-order valence-corrected chi connectivity index (χ1v) is 5.31. The maximum absolute atomic E-state index is 11.5. The summed E-state index contributed by atoms with van der Waals surface area (Å²) < 4.78 is 1.40. The van der Waals surface area contributed by atoms with Crippen molar-refractivity contribution in [2.45, 2.75) is 27.2 Å². The van der Waals surface area contributed by atoms with Crippen LogP contribution in [0.1, 0.15) is 26.5 Å². The van der Waals surface area contributed by atoms with Crippen LogP contribution in [0.15, 0.2) is 6.07 Å². The maximum atomic E-state index is 11.5. The van der Waals surface area contributed by atoms with Crippen LogP contribution in [0.25, 0.3) is 0 Å². The molecule has 0 spiro atoms. The number of aryl methyl sites for hydroxylation is 1. The van der Waals surface area contributed by atoms with E-state index in [0.29, 0.717) is 13.0 Å². The normalized spacial score (nSPS) is 11.5. The molecular weight excluding hydrogens is 206 g/mol. The third kappa shape index (κ3) is 3.25. The molecule has 90 valence electrons. The summed E-state index contributed by atoms with van der Waals surface area (Å²) in [7, 11) is 1.67. The summed E-state index contributed by atoms with van der Waals surface area (Å²) in [6.07, 6.45) is 0.621. The van der Waals surface area contributed by atoms with Crippen molar-refractivity contribution in [3.05, 3.63) is 11.8 Å². The summed E-state index contributed by atoms with van der Waals surface area (Å²) in [6, 6.07) is 1.60. The molecule has 0 fully saturated rings. The molecule has 0 bridgehead atoms. The lowest BCUT2D eigenvalue weighted by Crippen LogP contribution is -2.35. The highest BCUT2D eigenvalue weighted by Crippen LogP contribution is 2.13. The van der Waals surface area contributed by atoms with Gasteiger partial charge in [-0.3, -0.25) is 4.79 Å². The van der Waals surface area contributed by atoms with E-state index in [1.807, 2.05) is 20.8 Å². The Balaban J connectivity index is 2.39. The molecule has 0 radical (unpaired) electrons. The van der Waals surface area contributed by atoms with Gasteiger partial charge in [0, 0.05) is 31.5 Å². The molecule has 16 heavy (non-hydrogen) atoms. The molecule has 0 unspecified atom stereocenters. The van der Waals surface area contributed by atoms with Gasteiger partial charge in [-0.2, -0.15) is 5.10 Å². The average molecular weight is 225 g/mol. The van der Waals surface area contributed by atoms with E-state index in [0.717, 1.165) is 5.69 Å². The Morgan fingerprint density at radius 2 is 2.19 bits per heavy atom. The first-order chi connectivity index (χ1) is 7.30. The Labute approximate surface area is 95.5 Å². The van der Waals surface area contributed by atoms with Gasteiger partial charge in [-0.25, -0.2) is 4.68 Å². The molecule has 0 aliphatic heterocycles. The van der Waals surface area contributed by atoms with Crippen LogP contribution in [0.2, 0.25) is 0 Å². The van der Waals surface area contributed by atoms with Crippen molar-refractivity contribution in [3.8, 4) is 5.88 Å². The molecule has 5 nitrogen and oxygen atoms in total. The van der Waals surface area contributed by atoms with Crippen LogP contribution in [0.3, 0.4) is 0 Å². The van der Waals surface area contributed by atoms with Crippen LogP contribution < -0.4 is 5.32 Å². The zero-order valence-electron chi connectivity index (χ0n) is 10.2. The Bertz CT molecular complexity index is 358. The van der Waals surface area contributed by atoms with Gasteiger partial charge in [-0.15, -0.1) is 0 Å². The number of aromatic nitrogens is 2. The molecule has 1 aromatic rings. The van der Waals surface area contributed by atoms with E-state index in [4.69, 9.17) is 0 Å². The van der Waals surface area contributed by atoms with Gasteiger partial charge in [0.1, 0.15) is 0 Å². The molecule has 0 atom stereocenters. The van der Waals surface area contributed by atoms with Crippen molar-refractivity contribution in [3.63, 3.8) is 0 Å². The standard InChI is InChI=1S/C11H19N3O2/c1-11(2,3)10(16)12-6-5-8-7-9(15)14(4)13-8/h7,15H,5-6H2,1-4H3,(H,12,16). The Morgan fingerprint density at radius 3 is 2.62 bits per heavy atom. The Hall–Kier alpha value is -1.52. The minimum absolute atomic E-state index is 0.0210. The van der Waals surface area contributed by atoms with E-state index in [2.05, 4.69) is 10.4 Å². The van der Waals surface area contributed by atoms with E-state index >= 15 is 0 Å². The van der Waals surface area contributed by atoms with Gasteiger partial charge >= 0.3 is 0 Å². The van der Waals surface area contributed by atoms with Gasteiger partial charge in [0.25, 0.3) is 0 Å². The quantitative estimate of drug-likeness (QED) is 0.800. The van der Waals surface area contributed by atoms with Gasteiger partial charge < -0.3 is 10.4 Å². The van der Waals surface area contributed by atoms with Gasteiger partial charge in [0.15, 0.2) is 0 Å². The summed E-state index contributed by atoms with van der Waals surface area (Å²) in [5, 5.41) is 16.2. The van der Waals surface area contributed by atoms with E-state index in [9.17, 15) is 9.90 Å². The molecular formula is C11H19N3O2. The van der Waals surface area contributed by atoms with Crippen LogP contribution in [0.5, 0.6) is 5.88 Å². The third-order valence-electron chi connectivity index (χ3n) is 2.25. The van der Waals surface area contributed by atoms with E-state index in [1.165, 1.54) is 4.68 Å². The molecule has 0 aromatic carbocycles. The van der Waals surface area contributed by atoms with Crippen molar-refractivity contribution in [1.29, 1.82) is 0 Å². The number of carbonyl (C=O) groups is 1. The highest BCUT2D eigenvalue weighted by molar-refractivity contribution is 5.81. The molecule has 5 heteroatoms. The van der Waals surface area contributed by atoms with Gasteiger partial charge in [-0.05, 0) is 0 Å². The summed E-state index contributed by atoms with van der Waals surface area (Å²) >= 11 is 0. The van der Waals surface area contributed by atoms with Crippen LogP contribution in [0, 0.1) is 5.41 Å². The fraction of sp³-hybridized carbons (Fsp3) is 0.636. The second-order valence-corrected chi connectivity index (χ2v) is 4.87. The summed E-state index contributed by atoms with van der Waals surface area (Å²) in [6.45, 7) is 6.14. The SMILES string of the molecule is Cn1nc(CCNC(=O)C(C)(C)C)cc1O. The average Bonchev–Trinajstić information content (AvgIpc) is 2.44. The van der Waals surface area contributed by atoms with E-state index in [-0.39, 0.29) is 17.2 Å². The summed E-state index contributed by atoms with van der Waals surface area (Å²) in [5.74, 6) is 0.157. The fourth-order valence-corrected chi connectivity index (χ4v) is 1.21. The highest BCUT2D eigenvalue weighted by Gasteiger charge is 2.20. The van der Waals surface area contributed by atoms with Crippen molar-refractivity contribution in [1.82, 2.24) is 15.1 Å². The summed E-state index contributed by atoms with van der Waals surface area (Å²) in [5.41, 5.74) is 0.404. The van der Waals surface area contributed by atoms with E-state index < -0.39 is 0 Å². The van der Waals surface area contributed by atoms with Gasteiger partial charge in [0.2, 0.25) is 11.8 Å². The molecule has 1 rings (SSSR count). The maximum Gasteiger partial charge on any atom is 0.225 e. The zero-order chi connectivity index (χ0) is 12.3. The first-order valence-electron chi connectivity index (χ1n) is 5.31. The number of nitrogens with one attached hydrogen (secondary N) is 1. The number of aromatic hydroxyl groups is 1. The largest absolute Gasteiger partial charge is 0.493 e. The fourth-order valence-electron chi connectivity index (χ4n) is 1.21. The predicted molar refractivity (Wildman–Crippen MR) is 61.0 cm³/mol. The number of nitrogens with zero attached hydrogens (tertiary/aromatic N) is 2. The van der Waals surface area contributed by atoms with Crippen molar-refractivity contribution >= 4 is 5.91 Å². The minimum atomic E-state index is -0.369. The highest BCUT2D eigenvalue weighted by atomic mass is 16.3. The smallest absolute Gasteiger partial charge is 0.225 e. The second kappa shape index (κ2) is 4.55. The van der Waals surface area contributed by atoms with Crippen molar-refractivity contribution < 1.29 is 9.90 Å². The second-order valence-electron chi connectivity index (χ2n) is 4.87. The van der Waals surface area contributed by atoms with Crippen molar-refractivity contribution in [2.75, 3.05) is 6.54 Å². The zero-order valence-corrected chi connectivity index (χ0v) is 10.2. The minimum Gasteiger partial charge on any atom is -0.493 e. The van der Waals surface area contributed by atoms with E-state index in [1.54, 1.807) is 13.1 Å². The van der Waals surface area contributed by atoms with Gasteiger partial charge in [0.05, 0.1) is 5.69 Å². The lowest BCUT2D eigenvalue weighted by molar-refractivity contribution is -0.128. The Morgan fingerprint density at radius 1 is 1.56 bits per heavy atom. The lowest BCUT2D eigenvalue weighted by atomic mass is 9.96. The number of amides is 1. The molecule has 1 aromatic heterocycles. The topological polar surface area (TPSA) is 67.2 Å². The monoisotopic (exact) mass is 225 g/mol. The predicted octanol–water partition coefficient (Wildman–Crippen LogP) is 0.830. The summed E-state index contributed by atoms with van der Waals surface area (Å²) in [4.78, 5) is 11.5. The molecule has 2 N–H and O–H groups in total. The van der Waals surface area contributed by atoms with Gasteiger partial charge in [-0.1, -0.05) is 20.8 Å². The number of carbonyl (C=O) groups excluding carboxylic acids is 1. The number of rotatable bonds is 3. The number of hydrogen-bond donors (Lipinski definition) is 2. The molecule has 0 aliphatic carbocycles. The lowest BCUT2D eigenvalue weighted by Gasteiger charge is -2.17. The molecule has 1 amide bonds. The Kier molecular flexibility index (Phi) is 3.57. The molecule has 1 heterocycles. The molecule has 0 saturated heterocycles. The van der Waals surface area contributed by atoms with Crippen LogP contribution in [-0.4, -0.2) is 27.3 Å². The first kappa shape index (κ1) is 12.5. The molecule has 0 saturated carbocycles. The number of hydrogen-bond acceptors (Lipinski definition) is 3. The van der Waals surface area contributed by atoms with Crippen LogP contribution in [0.4, 0.5) is 0 Å². The van der Waals surface area contributed by atoms with Crippen LogP contribution in [-0.2, 0) is 18.3 Å². The van der Waals surface area contributed by atoms with Crippen molar-refractivity contribution in [2.24, 2.45) is 12.5 Å². The molecule has 0 aliphatic rings. The third-order valence-corrected chi connectivity index (χ3v) is 2.25. The van der Waals surface area contributed by atoms with Crippen LogP contribution >= 0.6 is 0 Å².